The number of aliphatic carboxylic acids is 1. The highest BCUT2D eigenvalue weighted by molar-refractivity contribution is 6.08. The Morgan fingerprint density at radius 1 is 1.17 bits per heavy atom. The first-order valence-electron chi connectivity index (χ1n) is 13.7. The van der Waals surface area contributed by atoms with Crippen LogP contribution in [-0.2, 0) is 21.5 Å². The van der Waals surface area contributed by atoms with E-state index in [1.165, 1.54) is 7.05 Å². The maximum Gasteiger partial charge on any atom is 0.329 e. The molecule has 0 saturated carbocycles. The van der Waals surface area contributed by atoms with Gasteiger partial charge in [-0.3, -0.25) is 15.0 Å². The maximum atomic E-state index is 13.7. The number of carboxylic acid groups (broad SMARTS) is 1. The lowest BCUT2D eigenvalue weighted by molar-refractivity contribution is -0.143. The normalized spacial score (nSPS) is 16.2. The molecule has 1 saturated heterocycles. The predicted octanol–water partition coefficient (Wildman–Crippen LogP) is 3.57. The molecule has 4 rings (SSSR count). The van der Waals surface area contributed by atoms with E-state index in [0.717, 1.165) is 5.56 Å². The molecule has 2 heterocycles. The minimum atomic E-state index is -1.04. The second kappa shape index (κ2) is 13.0. The van der Waals surface area contributed by atoms with E-state index < -0.39 is 18.0 Å². The van der Waals surface area contributed by atoms with Gasteiger partial charge in [-0.15, -0.1) is 12.4 Å². The number of anilines is 1. The zero-order valence-corrected chi connectivity index (χ0v) is 25.4. The number of halogens is 1. The number of nitrogens with one attached hydrogen (secondary N) is 2. The Bertz CT molecular complexity index is 1390. The van der Waals surface area contributed by atoms with Crippen molar-refractivity contribution >= 4 is 41.6 Å². The van der Waals surface area contributed by atoms with Crippen molar-refractivity contribution in [1.29, 1.82) is 5.41 Å². The lowest BCUT2D eigenvalue weighted by Crippen LogP contribution is -2.31. The maximum absolute atomic E-state index is 13.7. The largest absolute Gasteiger partial charge is 0.505 e. The van der Waals surface area contributed by atoms with E-state index in [2.05, 4.69) is 5.32 Å². The van der Waals surface area contributed by atoms with Crippen LogP contribution >= 0.6 is 12.4 Å². The van der Waals surface area contributed by atoms with Gasteiger partial charge in [0.2, 0.25) is 0 Å². The number of phenolic OH excluding ortho intramolecular Hbond substituents is 1. The molecule has 12 heteroatoms. The molecule has 42 heavy (non-hydrogen) atoms. The second-order valence-electron chi connectivity index (χ2n) is 11.3. The second-order valence-corrected chi connectivity index (χ2v) is 11.3. The fourth-order valence-corrected chi connectivity index (χ4v) is 5.28. The first-order valence-corrected chi connectivity index (χ1v) is 13.7. The Morgan fingerprint density at radius 3 is 2.50 bits per heavy atom. The summed E-state index contributed by atoms with van der Waals surface area (Å²) in [5.41, 5.74) is 2.76. The molecular weight excluding hydrogens is 564 g/mol. The molecule has 2 aliphatic heterocycles. The number of aromatic hydroxyl groups is 1. The van der Waals surface area contributed by atoms with Crippen LogP contribution in [0.3, 0.4) is 0 Å². The summed E-state index contributed by atoms with van der Waals surface area (Å²) in [4.78, 5) is 40.6. The lowest BCUT2D eigenvalue weighted by Gasteiger charge is -2.27. The average molecular weight is 603 g/mol. The molecule has 2 aromatic rings. The molecule has 0 aliphatic carbocycles. The van der Waals surface area contributed by atoms with Crippen LogP contribution in [0.1, 0.15) is 71.5 Å². The van der Waals surface area contributed by atoms with E-state index in [1.807, 2.05) is 32.6 Å². The molecule has 1 atom stereocenters. The van der Waals surface area contributed by atoms with Crippen molar-refractivity contribution in [2.24, 2.45) is 0 Å². The fraction of sp³-hybridized carbons (Fsp3) is 0.467. The topological polar surface area (TPSA) is 152 Å². The van der Waals surface area contributed by atoms with Gasteiger partial charge in [-0.25, -0.2) is 4.79 Å². The summed E-state index contributed by atoms with van der Waals surface area (Å²) < 4.78 is 11.1. The first kappa shape index (κ1) is 32.7. The van der Waals surface area contributed by atoms with Gasteiger partial charge in [-0.05, 0) is 48.6 Å². The molecule has 228 valence electrons. The third-order valence-electron chi connectivity index (χ3n) is 7.39. The van der Waals surface area contributed by atoms with Gasteiger partial charge in [-0.2, -0.15) is 0 Å². The van der Waals surface area contributed by atoms with Crippen LogP contribution in [0, 0.1) is 5.41 Å². The number of amidine groups is 1. The van der Waals surface area contributed by atoms with Crippen LogP contribution in [0.4, 0.5) is 5.69 Å². The summed E-state index contributed by atoms with van der Waals surface area (Å²) in [6.45, 7) is 8.87. The van der Waals surface area contributed by atoms with Crippen molar-refractivity contribution in [1.82, 2.24) is 10.2 Å². The Labute approximate surface area is 251 Å². The highest BCUT2D eigenvalue weighted by Gasteiger charge is 2.32. The van der Waals surface area contributed by atoms with E-state index in [9.17, 15) is 19.5 Å². The molecule has 0 bridgehead atoms. The number of benzene rings is 2. The Balaban J connectivity index is 0.00000484. The molecule has 1 fully saturated rings. The van der Waals surface area contributed by atoms with E-state index in [-0.39, 0.29) is 48.3 Å². The zero-order valence-electron chi connectivity index (χ0n) is 24.6. The minimum Gasteiger partial charge on any atom is -0.505 e. The molecule has 0 aromatic heterocycles. The van der Waals surface area contributed by atoms with Gasteiger partial charge >= 0.3 is 5.97 Å². The SMILES string of the molecule is CCOc1cc2c(cc1C(=O)NC)C(=N)N(CC(=O)c1cc(N3CCC(OCC(=O)O)C3)c(O)c(C(C)(C)C)c1)C2.Cl. The number of ether oxygens (including phenoxy) is 2. The molecule has 2 aliphatic rings. The molecule has 0 radical (unpaired) electrons. The zero-order chi connectivity index (χ0) is 30.1. The van der Waals surface area contributed by atoms with Crippen molar-refractivity contribution in [2.45, 2.75) is 52.2 Å². The van der Waals surface area contributed by atoms with Crippen molar-refractivity contribution in [3.63, 3.8) is 0 Å². The average Bonchev–Trinajstić information content (AvgIpc) is 3.50. The van der Waals surface area contributed by atoms with E-state index >= 15 is 0 Å². The number of hydrogen-bond donors (Lipinski definition) is 4. The predicted molar refractivity (Wildman–Crippen MR) is 161 cm³/mol. The third-order valence-corrected chi connectivity index (χ3v) is 7.39. The number of carbonyl (C=O) groups is 3. The Hall–Kier alpha value is -3.83. The van der Waals surface area contributed by atoms with Gasteiger partial charge in [0.15, 0.2) is 5.78 Å². The standard InChI is InChI=1S/C30H38N4O7.ClH/c1-6-40-25-11-18-13-34(28(31)20(18)12-21(25)29(39)32-5)15-24(35)17-9-22(30(2,3)4)27(38)23(10-17)33-8-7-19(14-33)41-16-26(36)37;/h9-12,19,31,38H,6-8,13-16H2,1-5H3,(H,32,39)(H,36,37);1H. The van der Waals surface area contributed by atoms with Gasteiger partial charge in [-0.1, -0.05) is 20.8 Å². The molecular formula is C30H39ClN4O7. The first-order chi connectivity index (χ1) is 19.3. The summed E-state index contributed by atoms with van der Waals surface area (Å²) in [6, 6.07) is 6.77. The van der Waals surface area contributed by atoms with Gasteiger partial charge < -0.3 is 34.8 Å². The van der Waals surface area contributed by atoms with Gasteiger partial charge in [0.1, 0.15) is 23.9 Å². The number of carbonyl (C=O) groups excluding carboxylic acids is 2. The number of nitrogens with zero attached hydrogens (tertiary/aromatic N) is 2. The van der Waals surface area contributed by atoms with Crippen molar-refractivity contribution in [2.75, 3.05) is 44.8 Å². The number of amides is 1. The number of carboxylic acids is 1. The molecule has 1 amide bonds. The summed E-state index contributed by atoms with van der Waals surface area (Å²) in [6.07, 6.45) is 0.300. The highest BCUT2D eigenvalue weighted by Crippen LogP contribution is 2.41. The molecule has 1 unspecified atom stereocenters. The highest BCUT2D eigenvalue weighted by atomic mass is 35.5. The van der Waals surface area contributed by atoms with E-state index in [4.69, 9.17) is 20.0 Å². The molecule has 2 aromatic carbocycles. The number of Topliss-reactive ketones (excluding diaryl/α,β-unsaturated/α-hetero) is 1. The van der Waals surface area contributed by atoms with Crippen molar-refractivity contribution in [3.8, 4) is 11.5 Å². The minimum absolute atomic E-state index is 0. The van der Waals surface area contributed by atoms with E-state index in [0.29, 0.717) is 66.4 Å². The monoisotopic (exact) mass is 602 g/mol. The van der Waals surface area contributed by atoms with Gasteiger partial charge in [0.25, 0.3) is 5.91 Å². The fourth-order valence-electron chi connectivity index (χ4n) is 5.28. The molecule has 4 N–H and O–H groups in total. The summed E-state index contributed by atoms with van der Waals surface area (Å²) in [7, 11) is 1.53. The van der Waals surface area contributed by atoms with Crippen LogP contribution in [0.5, 0.6) is 11.5 Å². The van der Waals surface area contributed by atoms with Crippen LogP contribution < -0.4 is 15.0 Å². The summed E-state index contributed by atoms with van der Waals surface area (Å²) >= 11 is 0. The lowest BCUT2D eigenvalue weighted by atomic mass is 9.84. The van der Waals surface area contributed by atoms with Crippen molar-refractivity contribution in [3.05, 3.63) is 52.1 Å². The number of ketones is 1. The van der Waals surface area contributed by atoms with Crippen LogP contribution in [0.15, 0.2) is 24.3 Å². The molecule has 11 nitrogen and oxygen atoms in total. The van der Waals surface area contributed by atoms with Gasteiger partial charge in [0, 0.05) is 43.4 Å². The smallest absolute Gasteiger partial charge is 0.329 e. The summed E-state index contributed by atoms with van der Waals surface area (Å²) in [5.74, 6) is -0.913. The van der Waals surface area contributed by atoms with Crippen molar-refractivity contribution < 1.29 is 34.1 Å². The Morgan fingerprint density at radius 2 is 1.88 bits per heavy atom. The van der Waals surface area contributed by atoms with Crippen LogP contribution in [0.25, 0.3) is 0 Å². The van der Waals surface area contributed by atoms with Crippen LogP contribution in [-0.4, -0.2) is 84.6 Å². The van der Waals surface area contributed by atoms with Gasteiger partial charge in [0.05, 0.1) is 30.5 Å². The number of rotatable bonds is 10. The van der Waals surface area contributed by atoms with Crippen LogP contribution in [0.2, 0.25) is 0 Å². The summed E-state index contributed by atoms with van der Waals surface area (Å²) in [5, 5.41) is 31.5. The molecule has 0 spiro atoms. The Kier molecular flexibility index (Phi) is 10.1. The quantitative estimate of drug-likeness (QED) is 0.299. The third kappa shape index (κ3) is 6.79. The number of fused-ring (bicyclic) bond motifs is 1. The number of phenols is 1. The number of hydrogen-bond acceptors (Lipinski definition) is 8. The van der Waals surface area contributed by atoms with E-state index in [1.54, 1.807) is 29.2 Å².